The molecule has 16 heavy (non-hydrogen) atoms. The van der Waals surface area contributed by atoms with Gasteiger partial charge in [0.1, 0.15) is 0 Å². The molecule has 1 unspecified atom stereocenters. The molecule has 1 aliphatic heterocycles. The third-order valence-electron chi connectivity index (χ3n) is 3.16. The van der Waals surface area contributed by atoms with Crippen LogP contribution in [0.1, 0.15) is 43.7 Å². The number of aryl methyl sites for hydroxylation is 1. The zero-order valence-electron chi connectivity index (χ0n) is 9.62. The van der Waals surface area contributed by atoms with Gasteiger partial charge in [-0.3, -0.25) is 4.79 Å². The van der Waals surface area contributed by atoms with Crippen molar-refractivity contribution >= 4 is 5.97 Å². The maximum Gasteiger partial charge on any atom is 0.311 e. The summed E-state index contributed by atoms with van der Waals surface area (Å²) in [6.07, 6.45) is 2.08. The van der Waals surface area contributed by atoms with Crippen LogP contribution in [0.5, 0.6) is 11.5 Å². The fourth-order valence-electron chi connectivity index (χ4n) is 1.92. The first-order valence-corrected chi connectivity index (χ1v) is 5.68. The molecule has 0 spiro atoms. The number of carbonyl (C=O) groups excluding carboxylic acids is 1. The predicted molar refractivity (Wildman–Crippen MR) is 60.8 cm³/mol. The van der Waals surface area contributed by atoms with Crippen molar-refractivity contribution < 1.29 is 14.6 Å². The maximum absolute atomic E-state index is 11.1. The normalized spacial score (nSPS) is 16.5. The van der Waals surface area contributed by atoms with E-state index in [1.165, 1.54) is 0 Å². The summed E-state index contributed by atoms with van der Waals surface area (Å²) >= 11 is 0. The molecule has 0 aliphatic carbocycles. The summed E-state index contributed by atoms with van der Waals surface area (Å²) in [5.41, 5.74) is 2.05. The molecule has 0 saturated carbocycles. The van der Waals surface area contributed by atoms with Gasteiger partial charge in [-0.05, 0) is 36.0 Å². The predicted octanol–water partition coefficient (Wildman–Crippen LogP) is 2.76. The lowest BCUT2D eigenvalue weighted by Gasteiger charge is -2.19. The van der Waals surface area contributed by atoms with E-state index in [4.69, 9.17) is 4.74 Å². The first-order chi connectivity index (χ1) is 7.61. The number of ether oxygens (including phenoxy) is 1. The fraction of sp³-hybridized carbons (Fsp3) is 0.462. The van der Waals surface area contributed by atoms with E-state index in [2.05, 4.69) is 13.8 Å². The van der Waals surface area contributed by atoms with Crippen molar-refractivity contribution in [3.8, 4) is 11.5 Å². The first-order valence-electron chi connectivity index (χ1n) is 5.68. The van der Waals surface area contributed by atoms with Crippen molar-refractivity contribution in [3.63, 3.8) is 0 Å². The molecular formula is C13H16O3. The molecule has 0 aromatic heterocycles. The van der Waals surface area contributed by atoms with Crippen molar-refractivity contribution in [1.29, 1.82) is 0 Å². The Kier molecular flexibility index (Phi) is 2.86. The van der Waals surface area contributed by atoms with Crippen LogP contribution in [0.15, 0.2) is 12.1 Å². The SMILES string of the molecule is CCC(C)c1cc(O)c2c(c1)CCC(=O)O2. The van der Waals surface area contributed by atoms with Gasteiger partial charge in [0.2, 0.25) is 0 Å². The number of rotatable bonds is 2. The quantitative estimate of drug-likeness (QED) is 0.615. The molecular weight excluding hydrogens is 204 g/mol. The van der Waals surface area contributed by atoms with E-state index in [0.717, 1.165) is 17.5 Å². The van der Waals surface area contributed by atoms with E-state index in [-0.39, 0.29) is 11.7 Å². The summed E-state index contributed by atoms with van der Waals surface area (Å²) in [4.78, 5) is 11.1. The van der Waals surface area contributed by atoms with Crippen LogP contribution >= 0.6 is 0 Å². The van der Waals surface area contributed by atoms with Crippen LogP contribution < -0.4 is 4.74 Å². The van der Waals surface area contributed by atoms with E-state index >= 15 is 0 Å². The van der Waals surface area contributed by atoms with E-state index in [1.807, 2.05) is 6.07 Å². The number of aromatic hydroxyl groups is 1. The minimum Gasteiger partial charge on any atom is -0.504 e. The van der Waals surface area contributed by atoms with Gasteiger partial charge in [-0.1, -0.05) is 19.9 Å². The summed E-state index contributed by atoms with van der Waals surface area (Å²) in [5, 5.41) is 9.82. The molecule has 0 bridgehead atoms. The molecule has 1 aliphatic rings. The summed E-state index contributed by atoms with van der Waals surface area (Å²) in [6.45, 7) is 4.23. The molecule has 1 aromatic rings. The molecule has 0 saturated heterocycles. The highest BCUT2D eigenvalue weighted by Gasteiger charge is 2.22. The molecule has 1 aromatic carbocycles. The van der Waals surface area contributed by atoms with Crippen LogP contribution in [0.25, 0.3) is 0 Å². The lowest BCUT2D eigenvalue weighted by molar-refractivity contribution is -0.135. The third kappa shape index (κ3) is 1.90. The van der Waals surface area contributed by atoms with Crippen molar-refractivity contribution in [2.45, 2.75) is 39.0 Å². The fourth-order valence-corrected chi connectivity index (χ4v) is 1.92. The monoisotopic (exact) mass is 220 g/mol. The lowest BCUT2D eigenvalue weighted by atomic mass is 9.94. The molecule has 2 rings (SSSR count). The number of fused-ring (bicyclic) bond motifs is 1. The van der Waals surface area contributed by atoms with Gasteiger partial charge < -0.3 is 9.84 Å². The van der Waals surface area contributed by atoms with Gasteiger partial charge in [-0.25, -0.2) is 0 Å². The van der Waals surface area contributed by atoms with Crippen LogP contribution in [0.3, 0.4) is 0 Å². The molecule has 3 heteroatoms. The standard InChI is InChI=1S/C13H16O3/c1-3-8(2)10-6-9-4-5-12(15)16-13(9)11(14)7-10/h6-8,14H,3-5H2,1-2H3. The van der Waals surface area contributed by atoms with Crippen LogP contribution in [0.2, 0.25) is 0 Å². The highest BCUT2D eigenvalue weighted by Crippen LogP contribution is 2.37. The van der Waals surface area contributed by atoms with Gasteiger partial charge in [-0.2, -0.15) is 0 Å². The van der Waals surface area contributed by atoms with Crippen molar-refractivity contribution in [2.75, 3.05) is 0 Å². The minimum atomic E-state index is -0.265. The van der Waals surface area contributed by atoms with E-state index in [1.54, 1.807) is 6.07 Å². The molecule has 3 nitrogen and oxygen atoms in total. The summed E-state index contributed by atoms with van der Waals surface area (Å²) in [5.74, 6) is 0.581. The Balaban J connectivity index is 2.42. The van der Waals surface area contributed by atoms with Gasteiger partial charge in [0, 0.05) is 0 Å². The summed E-state index contributed by atoms with van der Waals surface area (Å²) in [6, 6.07) is 3.74. The van der Waals surface area contributed by atoms with Crippen LogP contribution in [-0.4, -0.2) is 11.1 Å². The van der Waals surface area contributed by atoms with Crippen molar-refractivity contribution in [3.05, 3.63) is 23.3 Å². The average Bonchev–Trinajstić information content (AvgIpc) is 2.28. The Hall–Kier alpha value is -1.51. The van der Waals surface area contributed by atoms with Crippen molar-refractivity contribution in [1.82, 2.24) is 0 Å². The second kappa shape index (κ2) is 4.16. The van der Waals surface area contributed by atoms with Gasteiger partial charge >= 0.3 is 5.97 Å². The smallest absolute Gasteiger partial charge is 0.311 e. The van der Waals surface area contributed by atoms with Gasteiger partial charge in [0.05, 0.1) is 6.42 Å². The van der Waals surface area contributed by atoms with E-state index < -0.39 is 0 Å². The molecule has 86 valence electrons. The van der Waals surface area contributed by atoms with Crippen LogP contribution in [0.4, 0.5) is 0 Å². The number of phenols is 1. The van der Waals surface area contributed by atoms with Crippen LogP contribution in [-0.2, 0) is 11.2 Å². The first kappa shape index (κ1) is 11.0. The number of benzene rings is 1. The zero-order chi connectivity index (χ0) is 11.7. The molecule has 0 amide bonds. The maximum atomic E-state index is 11.1. The largest absolute Gasteiger partial charge is 0.504 e. The average molecular weight is 220 g/mol. The lowest BCUT2D eigenvalue weighted by Crippen LogP contribution is -2.16. The molecule has 0 fully saturated rings. The van der Waals surface area contributed by atoms with Gasteiger partial charge in [0.15, 0.2) is 11.5 Å². The summed E-state index contributed by atoms with van der Waals surface area (Å²) in [7, 11) is 0. The van der Waals surface area contributed by atoms with Crippen molar-refractivity contribution in [2.24, 2.45) is 0 Å². The zero-order valence-corrected chi connectivity index (χ0v) is 9.62. The van der Waals surface area contributed by atoms with Gasteiger partial charge in [-0.15, -0.1) is 0 Å². The number of phenolic OH excluding ortho intramolecular Hbond substituents is 1. The Bertz CT molecular complexity index is 423. The number of hydrogen-bond donors (Lipinski definition) is 1. The minimum absolute atomic E-state index is 0.0841. The Morgan fingerprint density at radius 2 is 2.19 bits per heavy atom. The van der Waals surface area contributed by atoms with Crippen LogP contribution in [0, 0.1) is 0 Å². The molecule has 1 N–H and O–H groups in total. The molecule has 1 heterocycles. The molecule has 0 radical (unpaired) electrons. The number of esters is 1. The Labute approximate surface area is 95.0 Å². The Morgan fingerprint density at radius 1 is 1.44 bits per heavy atom. The Morgan fingerprint density at radius 3 is 2.88 bits per heavy atom. The third-order valence-corrected chi connectivity index (χ3v) is 3.16. The number of carbonyl (C=O) groups is 1. The topological polar surface area (TPSA) is 46.5 Å². The second-order valence-corrected chi connectivity index (χ2v) is 4.31. The number of hydrogen-bond acceptors (Lipinski definition) is 3. The summed E-state index contributed by atoms with van der Waals surface area (Å²) < 4.78 is 5.04. The molecule has 1 atom stereocenters. The highest BCUT2D eigenvalue weighted by molar-refractivity contribution is 5.76. The van der Waals surface area contributed by atoms with E-state index in [9.17, 15) is 9.90 Å². The van der Waals surface area contributed by atoms with Gasteiger partial charge in [0.25, 0.3) is 0 Å². The highest BCUT2D eigenvalue weighted by atomic mass is 16.5. The van der Waals surface area contributed by atoms with E-state index in [0.29, 0.717) is 24.5 Å². The second-order valence-electron chi connectivity index (χ2n) is 4.31.